The van der Waals surface area contributed by atoms with Crippen LogP contribution >= 0.6 is 11.3 Å². The monoisotopic (exact) mass is 693 g/mol. The van der Waals surface area contributed by atoms with Crippen molar-refractivity contribution in [2.24, 2.45) is 0 Å². The van der Waals surface area contributed by atoms with Crippen LogP contribution < -0.4 is 4.90 Å². The summed E-state index contributed by atoms with van der Waals surface area (Å²) in [4.78, 5) is 2.43. The third-order valence-corrected chi connectivity index (χ3v) is 11.9. The van der Waals surface area contributed by atoms with Crippen molar-refractivity contribution in [3.63, 3.8) is 0 Å². The summed E-state index contributed by atoms with van der Waals surface area (Å²) >= 11 is 1.88. The summed E-state index contributed by atoms with van der Waals surface area (Å²) in [7, 11) is 0. The Hall–Kier alpha value is -6.68. The van der Waals surface area contributed by atoms with E-state index >= 15 is 0 Å². The molecule has 0 amide bonds. The van der Waals surface area contributed by atoms with Crippen LogP contribution in [0, 0.1) is 0 Å². The minimum atomic E-state index is 0.885. The molecule has 0 radical (unpaired) electrons. The minimum absolute atomic E-state index is 0.885. The summed E-state index contributed by atoms with van der Waals surface area (Å²) in [6.45, 7) is 0. The molecule has 0 unspecified atom stereocenters. The van der Waals surface area contributed by atoms with Crippen LogP contribution in [0.25, 0.3) is 85.9 Å². The Labute approximate surface area is 310 Å². The number of hydrogen-bond donors (Lipinski definition) is 0. The molecule has 2 heterocycles. The normalized spacial score (nSPS) is 11.8. The molecule has 0 aliphatic carbocycles. The molecule has 0 spiro atoms. The van der Waals surface area contributed by atoms with E-state index in [1.54, 1.807) is 0 Å². The van der Waals surface area contributed by atoms with E-state index in [0.717, 1.165) is 39.0 Å². The Balaban J connectivity index is 1.18. The largest absolute Gasteiger partial charge is 0.456 e. The number of thiophene rings is 1. The molecule has 2 aromatic heterocycles. The van der Waals surface area contributed by atoms with E-state index in [-0.39, 0.29) is 0 Å². The van der Waals surface area contributed by atoms with E-state index in [1.165, 1.54) is 64.0 Å². The number of fused-ring (bicyclic) bond motifs is 9. The SMILES string of the molecule is c1ccc(-c2cccc3cccc(-c4ccccc4N(c4ccc5c(ccc6c7ccccc7sc56)c4)c4ccc5oc6ccccc6c5c4)c23)cc1. The van der Waals surface area contributed by atoms with Crippen molar-refractivity contribution in [1.29, 1.82) is 0 Å². The topological polar surface area (TPSA) is 16.4 Å². The molecule has 53 heavy (non-hydrogen) atoms. The van der Waals surface area contributed by atoms with Crippen molar-refractivity contribution in [3.05, 3.63) is 188 Å². The van der Waals surface area contributed by atoms with E-state index in [9.17, 15) is 0 Å². The third kappa shape index (κ3) is 4.78. The lowest BCUT2D eigenvalue weighted by atomic mass is 9.90. The number of anilines is 3. The molecule has 3 heteroatoms. The fraction of sp³-hybridized carbons (Fsp3) is 0. The number of furan rings is 1. The van der Waals surface area contributed by atoms with Gasteiger partial charge in [0.15, 0.2) is 0 Å². The van der Waals surface area contributed by atoms with E-state index in [2.05, 4.69) is 181 Å². The average molecular weight is 694 g/mol. The molecule has 0 saturated carbocycles. The van der Waals surface area contributed by atoms with Gasteiger partial charge >= 0.3 is 0 Å². The second-order valence-electron chi connectivity index (χ2n) is 13.7. The third-order valence-electron chi connectivity index (χ3n) is 10.6. The zero-order valence-electron chi connectivity index (χ0n) is 28.7. The second kappa shape index (κ2) is 11.9. The van der Waals surface area contributed by atoms with Gasteiger partial charge in [0.1, 0.15) is 11.2 Å². The summed E-state index contributed by atoms with van der Waals surface area (Å²) in [5, 5.41) is 9.81. The van der Waals surface area contributed by atoms with Crippen LogP contribution in [0.15, 0.2) is 192 Å². The van der Waals surface area contributed by atoms with Gasteiger partial charge in [-0.1, -0.05) is 140 Å². The molecule has 0 aliphatic rings. The maximum atomic E-state index is 6.30. The molecular weight excluding hydrogens is 663 g/mol. The predicted octanol–water partition coefficient (Wildman–Crippen LogP) is 15.1. The van der Waals surface area contributed by atoms with Crippen LogP contribution in [-0.4, -0.2) is 0 Å². The number of nitrogens with zero attached hydrogens (tertiary/aromatic N) is 1. The van der Waals surface area contributed by atoms with Gasteiger partial charge in [0.25, 0.3) is 0 Å². The van der Waals surface area contributed by atoms with Crippen LogP contribution in [0.1, 0.15) is 0 Å². The molecule has 9 aromatic carbocycles. The van der Waals surface area contributed by atoms with Crippen molar-refractivity contribution >= 4 is 92.1 Å². The number of para-hydroxylation sites is 2. The van der Waals surface area contributed by atoms with Gasteiger partial charge in [-0.3, -0.25) is 0 Å². The zero-order valence-corrected chi connectivity index (χ0v) is 29.5. The van der Waals surface area contributed by atoms with Crippen molar-refractivity contribution in [2.45, 2.75) is 0 Å². The maximum Gasteiger partial charge on any atom is 0.135 e. The molecule has 11 rings (SSSR count). The Bertz CT molecular complexity index is 3180. The Morgan fingerprint density at radius 2 is 1.08 bits per heavy atom. The molecule has 0 aliphatic heterocycles. The van der Waals surface area contributed by atoms with E-state index in [0.29, 0.717) is 0 Å². The number of hydrogen-bond acceptors (Lipinski definition) is 3. The van der Waals surface area contributed by atoms with E-state index in [4.69, 9.17) is 4.42 Å². The van der Waals surface area contributed by atoms with Crippen molar-refractivity contribution < 1.29 is 4.42 Å². The fourth-order valence-corrected chi connectivity index (χ4v) is 9.48. The molecule has 0 saturated heterocycles. The first-order chi connectivity index (χ1) is 26.3. The van der Waals surface area contributed by atoms with Crippen molar-refractivity contribution in [1.82, 2.24) is 0 Å². The van der Waals surface area contributed by atoms with Gasteiger partial charge in [-0.05, 0) is 86.8 Å². The number of benzene rings is 9. The van der Waals surface area contributed by atoms with Crippen LogP contribution in [0.3, 0.4) is 0 Å². The molecule has 2 nitrogen and oxygen atoms in total. The first-order valence-electron chi connectivity index (χ1n) is 18.0. The summed E-state index contributed by atoms with van der Waals surface area (Å²) in [5.41, 5.74) is 9.86. The smallest absolute Gasteiger partial charge is 0.135 e. The van der Waals surface area contributed by atoms with Crippen LogP contribution in [0.5, 0.6) is 0 Å². The lowest BCUT2D eigenvalue weighted by Gasteiger charge is -2.29. The lowest BCUT2D eigenvalue weighted by Crippen LogP contribution is -2.11. The van der Waals surface area contributed by atoms with Crippen LogP contribution in [0.2, 0.25) is 0 Å². The molecule has 0 atom stereocenters. The fourth-order valence-electron chi connectivity index (χ4n) is 8.24. The summed E-state index contributed by atoms with van der Waals surface area (Å²) < 4.78 is 8.95. The highest BCUT2D eigenvalue weighted by atomic mass is 32.1. The lowest BCUT2D eigenvalue weighted by molar-refractivity contribution is 0.669. The Kier molecular flexibility index (Phi) is 6.76. The van der Waals surface area contributed by atoms with Gasteiger partial charge in [0.05, 0.1) is 5.69 Å². The van der Waals surface area contributed by atoms with E-state index in [1.807, 2.05) is 23.5 Å². The van der Waals surface area contributed by atoms with Crippen molar-refractivity contribution in [3.8, 4) is 22.3 Å². The molecule has 0 N–H and O–H groups in total. The molecule has 11 aromatic rings. The highest BCUT2D eigenvalue weighted by Crippen LogP contribution is 2.47. The van der Waals surface area contributed by atoms with Gasteiger partial charge in [-0.15, -0.1) is 11.3 Å². The highest BCUT2D eigenvalue weighted by molar-refractivity contribution is 7.26. The summed E-state index contributed by atoms with van der Waals surface area (Å²) in [5.74, 6) is 0. The standard InChI is InChI=1S/C50H31NOS/c1-2-12-32(13-3-1)37-19-10-14-33-15-11-20-42(49(33)37)39-16-4-7-21-45(39)51(36-26-29-47-44(31-36)40-17-5-8-22-46(40)52-47)35-25-28-38-34(30-35)24-27-43-41-18-6-9-23-48(41)53-50(38)43/h1-31H. The first-order valence-corrected chi connectivity index (χ1v) is 18.8. The summed E-state index contributed by atoms with van der Waals surface area (Å²) in [6, 6.07) is 68.1. The van der Waals surface area contributed by atoms with Crippen molar-refractivity contribution in [2.75, 3.05) is 4.90 Å². The Morgan fingerprint density at radius 3 is 1.98 bits per heavy atom. The van der Waals surface area contributed by atoms with Gasteiger partial charge in [-0.2, -0.15) is 0 Å². The summed E-state index contributed by atoms with van der Waals surface area (Å²) in [6.07, 6.45) is 0. The average Bonchev–Trinajstić information content (AvgIpc) is 3.79. The van der Waals surface area contributed by atoms with Crippen LogP contribution in [0.4, 0.5) is 17.1 Å². The van der Waals surface area contributed by atoms with Gasteiger partial charge in [-0.25, -0.2) is 0 Å². The number of rotatable bonds is 5. The van der Waals surface area contributed by atoms with E-state index < -0.39 is 0 Å². The van der Waals surface area contributed by atoms with Crippen LogP contribution in [-0.2, 0) is 0 Å². The molecular formula is C50H31NOS. The molecule has 0 fully saturated rings. The predicted molar refractivity (Wildman–Crippen MR) is 227 cm³/mol. The first kappa shape index (κ1) is 30.0. The highest BCUT2D eigenvalue weighted by Gasteiger charge is 2.21. The Morgan fingerprint density at radius 1 is 0.396 bits per heavy atom. The molecule has 248 valence electrons. The second-order valence-corrected chi connectivity index (χ2v) is 14.7. The van der Waals surface area contributed by atoms with Gasteiger partial charge < -0.3 is 9.32 Å². The van der Waals surface area contributed by atoms with Gasteiger partial charge in [0.2, 0.25) is 0 Å². The molecule has 0 bridgehead atoms. The zero-order chi connectivity index (χ0) is 34.9. The maximum absolute atomic E-state index is 6.30. The minimum Gasteiger partial charge on any atom is -0.456 e. The van der Waals surface area contributed by atoms with Gasteiger partial charge in [0, 0.05) is 47.9 Å². The quantitative estimate of drug-likeness (QED) is 0.178.